The second kappa shape index (κ2) is 8.97. The van der Waals surface area contributed by atoms with E-state index in [-0.39, 0.29) is 5.89 Å². The van der Waals surface area contributed by atoms with Crippen LogP contribution >= 0.6 is 0 Å². The molecule has 0 fully saturated rings. The third-order valence-electron chi connectivity index (χ3n) is 4.12. The highest BCUT2D eigenvalue weighted by Gasteiger charge is 2.18. The molecule has 3 rings (SSSR count). The highest BCUT2D eigenvalue weighted by molar-refractivity contribution is 5.90. The lowest BCUT2D eigenvalue weighted by molar-refractivity contribution is -0.143. The van der Waals surface area contributed by atoms with Crippen LogP contribution in [0.25, 0.3) is 17.5 Å². The van der Waals surface area contributed by atoms with Crippen LogP contribution in [0.2, 0.25) is 0 Å². The first-order chi connectivity index (χ1) is 14.0. The van der Waals surface area contributed by atoms with Crippen molar-refractivity contribution in [3.63, 3.8) is 0 Å². The largest absolute Gasteiger partial charge is 0.465 e. The van der Waals surface area contributed by atoms with Crippen molar-refractivity contribution in [3.8, 4) is 11.5 Å². The van der Waals surface area contributed by atoms with Crippen molar-refractivity contribution in [1.29, 1.82) is 0 Å². The third kappa shape index (κ3) is 5.16. The van der Waals surface area contributed by atoms with Crippen LogP contribution in [0.1, 0.15) is 40.4 Å². The molecule has 0 saturated carbocycles. The SMILES string of the molecule is COC(=O)c1ccc(/C=C/C(=O)O[C@@H](C)c2nnc(-c3ccc(C)cc3)o2)cc1. The molecule has 1 atom stereocenters. The molecule has 3 aromatic rings. The average Bonchev–Trinajstić information content (AvgIpc) is 3.23. The van der Waals surface area contributed by atoms with Gasteiger partial charge in [0.1, 0.15) is 0 Å². The van der Waals surface area contributed by atoms with Gasteiger partial charge in [-0.1, -0.05) is 29.8 Å². The van der Waals surface area contributed by atoms with E-state index in [1.54, 1.807) is 37.3 Å². The first-order valence-corrected chi connectivity index (χ1v) is 8.94. The fraction of sp³-hybridized carbons (Fsp3) is 0.182. The number of carbonyl (C=O) groups is 2. The fourth-order valence-electron chi connectivity index (χ4n) is 2.49. The molecule has 0 spiro atoms. The zero-order valence-electron chi connectivity index (χ0n) is 16.3. The van der Waals surface area contributed by atoms with E-state index in [1.165, 1.54) is 13.2 Å². The van der Waals surface area contributed by atoms with Gasteiger partial charge in [0.2, 0.25) is 5.89 Å². The van der Waals surface area contributed by atoms with Gasteiger partial charge in [0.05, 0.1) is 12.7 Å². The molecule has 148 valence electrons. The van der Waals surface area contributed by atoms with E-state index in [2.05, 4.69) is 14.9 Å². The predicted molar refractivity (Wildman–Crippen MR) is 106 cm³/mol. The van der Waals surface area contributed by atoms with Crippen LogP contribution in [-0.2, 0) is 14.3 Å². The molecular weight excluding hydrogens is 372 g/mol. The average molecular weight is 392 g/mol. The molecule has 0 unspecified atom stereocenters. The lowest BCUT2D eigenvalue weighted by atomic mass is 10.1. The van der Waals surface area contributed by atoms with Gasteiger partial charge in [0, 0.05) is 11.6 Å². The molecule has 0 amide bonds. The van der Waals surface area contributed by atoms with E-state index in [9.17, 15) is 9.59 Å². The Morgan fingerprint density at radius 3 is 2.38 bits per heavy atom. The number of esters is 2. The molecule has 1 heterocycles. The van der Waals surface area contributed by atoms with Crippen molar-refractivity contribution >= 4 is 18.0 Å². The Labute approximate surface area is 168 Å². The summed E-state index contributed by atoms with van der Waals surface area (Å²) in [6.45, 7) is 3.65. The Balaban J connectivity index is 1.59. The molecule has 0 bridgehead atoms. The van der Waals surface area contributed by atoms with Crippen LogP contribution < -0.4 is 0 Å². The number of benzene rings is 2. The maximum atomic E-state index is 12.1. The zero-order valence-corrected chi connectivity index (χ0v) is 16.3. The summed E-state index contributed by atoms with van der Waals surface area (Å²) in [6, 6.07) is 14.3. The number of ether oxygens (including phenoxy) is 2. The number of carbonyl (C=O) groups excluding carboxylic acids is 2. The summed E-state index contributed by atoms with van der Waals surface area (Å²) in [6.07, 6.45) is 2.18. The molecule has 29 heavy (non-hydrogen) atoms. The number of hydrogen-bond donors (Lipinski definition) is 0. The predicted octanol–water partition coefficient (Wildman–Crippen LogP) is 4.15. The summed E-state index contributed by atoms with van der Waals surface area (Å²) in [5.74, 6) is -0.392. The summed E-state index contributed by atoms with van der Waals surface area (Å²) in [5.41, 5.74) is 3.09. The monoisotopic (exact) mass is 392 g/mol. The van der Waals surface area contributed by atoms with Crippen LogP contribution in [0, 0.1) is 6.92 Å². The standard InChI is InChI=1S/C22H20N2O5/c1-14-4-9-17(10-5-14)21-24-23-20(29-21)15(2)28-19(25)13-8-16-6-11-18(12-7-16)22(26)27-3/h4-13,15H,1-3H3/b13-8+/t15-/m0/s1. The Morgan fingerprint density at radius 2 is 1.72 bits per heavy atom. The number of aromatic nitrogens is 2. The first-order valence-electron chi connectivity index (χ1n) is 8.94. The molecule has 0 aliphatic heterocycles. The Bertz CT molecular complexity index is 1020. The van der Waals surface area contributed by atoms with Crippen molar-refractivity contribution in [2.45, 2.75) is 20.0 Å². The number of methoxy groups -OCH3 is 1. The summed E-state index contributed by atoms with van der Waals surface area (Å²) in [5, 5.41) is 7.96. The van der Waals surface area contributed by atoms with E-state index in [0.29, 0.717) is 11.5 Å². The molecule has 2 aromatic carbocycles. The third-order valence-corrected chi connectivity index (χ3v) is 4.12. The van der Waals surface area contributed by atoms with E-state index in [1.807, 2.05) is 31.2 Å². The number of hydrogen-bond acceptors (Lipinski definition) is 7. The molecule has 1 aromatic heterocycles. The summed E-state index contributed by atoms with van der Waals surface area (Å²) in [7, 11) is 1.32. The normalized spacial score (nSPS) is 12.0. The number of nitrogens with zero attached hydrogens (tertiary/aromatic N) is 2. The van der Waals surface area contributed by atoms with Crippen LogP contribution in [0.5, 0.6) is 0 Å². The summed E-state index contributed by atoms with van der Waals surface area (Å²) in [4.78, 5) is 23.5. The van der Waals surface area contributed by atoms with Crippen LogP contribution in [0.4, 0.5) is 0 Å². The molecule has 0 aliphatic rings. The van der Waals surface area contributed by atoms with Gasteiger partial charge in [0.25, 0.3) is 5.89 Å². The minimum Gasteiger partial charge on any atom is -0.465 e. The maximum Gasteiger partial charge on any atom is 0.337 e. The summed E-state index contributed by atoms with van der Waals surface area (Å²) < 4.78 is 15.6. The number of aryl methyl sites for hydroxylation is 1. The Morgan fingerprint density at radius 1 is 1.03 bits per heavy atom. The van der Waals surface area contributed by atoms with Crippen molar-refractivity contribution < 1.29 is 23.5 Å². The molecule has 0 aliphatic carbocycles. The van der Waals surface area contributed by atoms with Crippen LogP contribution in [-0.4, -0.2) is 29.2 Å². The van der Waals surface area contributed by atoms with E-state index >= 15 is 0 Å². The van der Waals surface area contributed by atoms with Crippen molar-refractivity contribution in [3.05, 3.63) is 77.2 Å². The highest BCUT2D eigenvalue weighted by Crippen LogP contribution is 2.22. The minimum absolute atomic E-state index is 0.213. The second-order valence-corrected chi connectivity index (χ2v) is 6.34. The Kier molecular flexibility index (Phi) is 6.19. The second-order valence-electron chi connectivity index (χ2n) is 6.34. The van der Waals surface area contributed by atoms with E-state index < -0.39 is 18.0 Å². The topological polar surface area (TPSA) is 91.5 Å². The number of rotatable bonds is 6. The van der Waals surface area contributed by atoms with Crippen molar-refractivity contribution in [2.75, 3.05) is 7.11 Å². The van der Waals surface area contributed by atoms with E-state index in [0.717, 1.165) is 16.7 Å². The quantitative estimate of drug-likeness (QED) is 0.460. The molecule has 7 heteroatoms. The molecule has 0 radical (unpaired) electrons. The van der Waals surface area contributed by atoms with Gasteiger partial charge >= 0.3 is 11.9 Å². The van der Waals surface area contributed by atoms with E-state index in [4.69, 9.17) is 9.15 Å². The van der Waals surface area contributed by atoms with Gasteiger partial charge in [-0.2, -0.15) is 0 Å². The zero-order chi connectivity index (χ0) is 20.8. The Hall–Kier alpha value is -3.74. The minimum atomic E-state index is -0.694. The molecule has 0 N–H and O–H groups in total. The maximum absolute atomic E-state index is 12.1. The molecule has 0 saturated heterocycles. The van der Waals surface area contributed by atoms with Gasteiger partial charge in [0.15, 0.2) is 6.10 Å². The van der Waals surface area contributed by atoms with Gasteiger partial charge in [-0.25, -0.2) is 9.59 Å². The van der Waals surface area contributed by atoms with Gasteiger partial charge in [-0.3, -0.25) is 0 Å². The summed E-state index contributed by atoms with van der Waals surface area (Å²) >= 11 is 0. The van der Waals surface area contributed by atoms with Gasteiger partial charge in [-0.15, -0.1) is 10.2 Å². The fourth-order valence-corrected chi connectivity index (χ4v) is 2.49. The van der Waals surface area contributed by atoms with Gasteiger partial charge in [-0.05, 0) is 49.8 Å². The lowest BCUT2D eigenvalue weighted by Gasteiger charge is -2.06. The van der Waals surface area contributed by atoms with Gasteiger partial charge < -0.3 is 13.9 Å². The van der Waals surface area contributed by atoms with Crippen LogP contribution in [0.15, 0.2) is 59.0 Å². The smallest absolute Gasteiger partial charge is 0.337 e. The first kappa shape index (κ1) is 20.0. The van der Waals surface area contributed by atoms with Crippen molar-refractivity contribution in [1.82, 2.24) is 10.2 Å². The van der Waals surface area contributed by atoms with Crippen molar-refractivity contribution in [2.24, 2.45) is 0 Å². The molecular formula is C22H20N2O5. The molecule has 7 nitrogen and oxygen atoms in total. The van der Waals surface area contributed by atoms with Crippen LogP contribution in [0.3, 0.4) is 0 Å². The lowest BCUT2D eigenvalue weighted by Crippen LogP contribution is -2.06. The highest BCUT2D eigenvalue weighted by atomic mass is 16.6.